The third-order valence-electron chi connectivity index (χ3n) is 3.43. The second-order valence-electron chi connectivity index (χ2n) is 5.11. The van der Waals surface area contributed by atoms with Crippen molar-refractivity contribution in [3.63, 3.8) is 0 Å². The molecule has 0 radical (unpaired) electrons. The number of nitrogens with one attached hydrogen (secondary N) is 2. The maximum Gasteiger partial charge on any atom is 0.260 e. The molecule has 0 spiro atoms. The summed E-state index contributed by atoms with van der Waals surface area (Å²) in [4.78, 5) is 12.8. The minimum Gasteiger partial charge on any atom is -0.386 e. The smallest absolute Gasteiger partial charge is 0.260 e. The fourth-order valence-electron chi connectivity index (χ4n) is 2.37. The van der Waals surface area contributed by atoms with Gasteiger partial charge in [-0.05, 0) is 43.2 Å². The second-order valence-corrected chi connectivity index (χ2v) is 5.86. The number of aromatic nitrogens is 1. The van der Waals surface area contributed by atoms with Crippen LogP contribution in [-0.4, -0.2) is 10.3 Å². The van der Waals surface area contributed by atoms with Gasteiger partial charge in [0, 0.05) is 28.9 Å². The molecule has 0 aliphatic rings. The third kappa shape index (κ3) is 2.82. The molecule has 0 bridgehead atoms. The number of thiophene rings is 1. The number of nitrogens with zero attached hydrogens (tertiary/aromatic N) is 1. The van der Waals surface area contributed by atoms with Gasteiger partial charge in [0.1, 0.15) is 5.82 Å². The van der Waals surface area contributed by atoms with E-state index in [0.717, 1.165) is 11.1 Å². The summed E-state index contributed by atoms with van der Waals surface area (Å²) in [7, 11) is 0. The average Bonchev–Trinajstić information content (AvgIpc) is 2.84. The summed E-state index contributed by atoms with van der Waals surface area (Å²) < 4.78 is 1.60. The van der Waals surface area contributed by atoms with E-state index in [1.807, 2.05) is 24.6 Å². The molecule has 0 amide bonds. The number of nitrogens with two attached hydrogens (primary N) is 1. The molecule has 0 atom stereocenters. The molecule has 0 unspecified atom stereocenters. The lowest BCUT2D eigenvalue weighted by molar-refractivity contribution is 0.735. The molecule has 6 heteroatoms. The molecule has 0 aliphatic heterocycles. The summed E-state index contributed by atoms with van der Waals surface area (Å²) in [5.41, 5.74) is 9.12. The first-order valence-corrected chi connectivity index (χ1v) is 7.89. The molecule has 0 aromatic carbocycles. The van der Waals surface area contributed by atoms with E-state index in [0.29, 0.717) is 29.2 Å². The lowest BCUT2D eigenvalue weighted by atomic mass is 10.0. The molecule has 0 aliphatic carbocycles. The van der Waals surface area contributed by atoms with Crippen LogP contribution in [0.2, 0.25) is 0 Å². The van der Waals surface area contributed by atoms with Crippen LogP contribution in [0.3, 0.4) is 0 Å². The fourth-order valence-corrected chi connectivity index (χ4v) is 3.22. The van der Waals surface area contributed by atoms with Crippen molar-refractivity contribution >= 4 is 22.9 Å². The summed E-state index contributed by atoms with van der Waals surface area (Å²) >= 11 is 1.56. The van der Waals surface area contributed by atoms with Crippen molar-refractivity contribution in [2.45, 2.75) is 27.3 Å². The number of anilines is 1. The van der Waals surface area contributed by atoms with E-state index in [9.17, 15) is 4.79 Å². The quantitative estimate of drug-likeness (QED) is 0.741. The van der Waals surface area contributed by atoms with Gasteiger partial charge in [0.25, 0.3) is 5.56 Å². The van der Waals surface area contributed by atoms with Gasteiger partial charge in [0.15, 0.2) is 0 Å². The van der Waals surface area contributed by atoms with E-state index < -0.39 is 0 Å². The number of aryl methyl sites for hydroxylation is 1. The number of pyridine rings is 1. The number of hydrogen-bond acceptors (Lipinski definition) is 5. The van der Waals surface area contributed by atoms with Crippen LogP contribution in [0.15, 0.2) is 34.0 Å². The topological polar surface area (TPSA) is 83.9 Å². The van der Waals surface area contributed by atoms with Gasteiger partial charge in [-0.25, -0.2) is 0 Å². The maximum absolute atomic E-state index is 12.8. The summed E-state index contributed by atoms with van der Waals surface area (Å²) in [5, 5.41) is 14.9. The zero-order valence-electron chi connectivity index (χ0n) is 13.0. The molecular weight excluding hydrogens is 296 g/mol. The van der Waals surface area contributed by atoms with Crippen LogP contribution in [0.5, 0.6) is 0 Å². The van der Waals surface area contributed by atoms with E-state index in [2.05, 4.69) is 11.9 Å². The van der Waals surface area contributed by atoms with Gasteiger partial charge in [-0.2, -0.15) is 11.3 Å². The summed E-state index contributed by atoms with van der Waals surface area (Å²) in [5.74, 6) is 0.757. The van der Waals surface area contributed by atoms with Crippen molar-refractivity contribution in [1.29, 1.82) is 5.41 Å². The summed E-state index contributed by atoms with van der Waals surface area (Å²) in [6, 6.07) is 1.76. The highest BCUT2D eigenvalue weighted by Crippen LogP contribution is 2.27. The molecule has 2 rings (SSSR count). The highest BCUT2D eigenvalue weighted by molar-refractivity contribution is 7.08. The van der Waals surface area contributed by atoms with E-state index in [4.69, 9.17) is 11.1 Å². The van der Waals surface area contributed by atoms with Gasteiger partial charge in [-0.15, -0.1) is 0 Å². The van der Waals surface area contributed by atoms with Crippen molar-refractivity contribution < 1.29 is 0 Å². The van der Waals surface area contributed by atoms with Crippen LogP contribution in [0.25, 0.3) is 11.1 Å². The van der Waals surface area contributed by atoms with Gasteiger partial charge >= 0.3 is 0 Å². The molecule has 2 aromatic heterocycles. The monoisotopic (exact) mass is 316 g/mol. The lowest BCUT2D eigenvalue weighted by Crippen LogP contribution is -2.27. The molecular formula is C16H20N4OS. The molecule has 5 nitrogen and oxygen atoms in total. The molecule has 2 aromatic rings. The van der Waals surface area contributed by atoms with Crippen LogP contribution in [0.1, 0.15) is 25.0 Å². The number of hydrogen-bond donors (Lipinski definition) is 3. The average molecular weight is 316 g/mol. The zero-order valence-corrected chi connectivity index (χ0v) is 13.8. The first-order chi connectivity index (χ1) is 10.4. The predicted molar refractivity (Wildman–Crippen MR) is 93.9 cm³/mol. The fraction of sp³-hybridized carbons (Fsp3) is 0.250. The van der Waals surface area contributed by atoms with Crippen LogP contribution in [0, 0.1) is 12.3 Å². The molecule has 2 heterocycles. The van der Waals surface area contributed by atoms with Crippen molar-refractivity contribution in [3.05, 3.63) is 50.7 Å². The lowest BCUT2D eigenvalue weighted by Gasteiger charge is -2.19. The molecule has 0 saturated carbocycles. The SMILES string of the molecule is C=C(N)Nc1c(C(C)=N)cc(-c2cscc2C)c(=O)n1CC. The molecule has 0 fully saturated rings. The minimum atomic E-state index is -0.0993. The second kappa shape index (κ2) is 6.19. The van der Waals surface area contributed by atoms with Crippen molar-refractivity contribution in [1.82, 2.24) is 4.57 Å². The van der Waals surface area contributed by atoms with Gasteiger partial charge in [-0.3, -0.25) is 9.36 Å². The Morgan fingerprint density at radius 1 is 1.45 bits per heavy atom. The first-order valence-electron chi connectivity index (χ1n) is 6.94. The highest BCUT2D eigenvalue weighted by atomic mass is 32.1. The standard InChI is InChI=1S/C16H20N4OS/c1-5-20-15(19-11(4)18)12(10(3)17)6-13(16(20)21)14-8-22-7-9(14)2/h6-8,17,19H,4-5,18H2,1-3H3. The van der Waals surface area contributed by atoms with Crippen LogP contribution >= 0.6 is 11.3 Å². The van der Waals surface area contributed by atoms with E-state index in [1.54, 1.807) is 28.9 Å². The number of rotatable bonds is 5. The van der Waals surface area contributed by atoms with Gasteiger partial charge in [-0.1, -0.05) is 6.58 Å². The van der Waals surface area contributed by atoms with Gasteiger partial charge < -0.3 is 16.5 Å². The Morgan fingerprint density at radius 2 is 2.14 bits per heavy atom. The Kier molecular flexibility index (Phi) is 4.51. The third-order valence-corrected chi connectivity index (χ3v) is 4.30. The molecule has 4 N–H and O–H groups in total. The Balaban J connectivity index is 2.82. The highest BCUT2D eigenvalue weighted by Gasteiger charge is 2.18. The Morgan fingerprint density at radius 3 is 2.59 bits per heavy atom. The van der Waals surface area contributed by atoms with Crippen LogP contribution in [0.4, 0.5) is 5.82 Å². The van der Waals surface area contributed by atoms with Gasteiger partial charge in [0.2, 0.25) is 0 Å². The normalized spacial score (nSPS) is 10.5. The molecule has 116 valence electrons. The van der Waals surface area contributed by atoms with Crippen molar-refractivity contribution in [2.75, 3.05) is 5.32 Å². The summed E-state index contributed by atoms with van der Waals surface area (Å²) in [6.07, 6.45) is 0. The van der Waals surface area contributed by atoms with Gasteiger partial charge in [0.05, 0.1) is 5.82 Å². The van der Waals surface area contributed by atoms with E-state index in [-0.39, 0.29) is 11.4 Å². The van der Waals surface area contributed by atoms with Crippen molar-refractivity contribution in [2.24, 2.45) is 5.73 Å². The zero-order chi connectivity index (χ0) is 16.4. The Labute approximate surface area is 133 Å². The van der Waals surface area contributed by atoms with Crippen LogP contribution in [-0.2, 0) is 6.54 Å². The van der Waals surface area contributed by atoms with Crippen molar-refractivity contribution in [3.8, 4) is 11.1 Å². The van der Waals surface area contributed by atoms with E-state index >= 15 is 0 Å². The molecule has 22 heavy (non-hydrogen) atoms. The summed E-state index contributed by atoms with van der Waals surface area (Å²) in [6.45, 7) is 9.66. The predicted octanol–water partition coefficient (Wildman–Crippen LogP) is 3.13. The molecule has 0 saturated heterocycles. The Bertz CT molecular complexity index is 801. The van der Waals surface area contributed by atoms with E-state index in [1.165, 1.54) is 0 Å². The largest absolute Gasteiger partial charge is 0.386 e. The first kappa shape index (κ1) is 16.0. The maximum atomic E-state index is 12.8. The van der Waals surface area contributed by atoms with Crippen LogP contribution < -0.4 is 16.6 Å². The Hall–Kier alpha value is -2.34. The minimum absolute atomic E-state index is 0.0993.